The van der Waals surface area contributed by atoms with E-state index in [0.717, 1.165) is 29.7 Å². The summed E-state index contributed by atoms with van der Waals surface area (Å²) in [6.45, 7) is 2.40. The number of halogens is 1. The van der Waals surface area contributed by atoms with E-state index in [-0.39, 0.29) is 11.7 Å². The van der Waals surface area contributed by atoms with Crippen molar-refractivity contribution < 1.29 is 9.18 Å². The predicted molar refractivity (Wildman–Crippen MR) is 90.3 cm³/mol. The molecule has 0 saturated heterocycles. The predicted octanol–water partition coefficient (Wildman–Crippen LogP) is 2.70. The number of carbonyl (C=O) groups is 1. The van der Waals surface area contributed by atoms with Crippen molar-refractivity contribution in [1.82, 2.24) is 20.2 Å². The molecule has 7 heteroatoms. The van der Waals surface area contributed by atoms with E-state index in [0.29, 0.717) is 17.8 Å². The Morgan fingerprint density at radius 1 is 1.24 bits per heavy atom. The normalized spacial score (nSPS) is 13.6. The van der Waals surface area contributed by atoms with E-state index >= 15 is 0 Å². The number of anilines is 1. The van der Waals surface area contributed by atoms with Gasteiger partial charge in [-0.15, -0.1) is 5.10 Å². The van der Waals surface area contributed by atoms with Gasteiger partial charge in [0.25, 0.3) is 5.91 Å². The Labute approximate surface area is 143 Å². The molecule has 0 atom stereocenters. The van der Waals surface area contributed by atoms with Crippen LogP contribution in [0.15, 0.2) is 42.7 Å². The first-order chi connectivity index (χ1) is 12.1. The summed E-state index contributed by atoms with van der Waals surface area (Å²) in [5.74, 6) is -0.551. The molecule has 6 nitrogen and oxygen atoms in total. The van der Waals surface area contributed by atoms with Gasteiger partial charge in [-0.25, -0.2) is 9.07 Å². The van der Waals surface area contributed by atoms with Crippen LogP contribution in [0, 0.1) is 12.7 Å². The number of aromatic nitrogens is 4. The number of carbonyl (C=O) groups excluding carboxylic acids is 1. The molecule has 25 heavy (non-hydrogen) atoms. The minimum absolute atomic E-state index is 0.197. The number of hydrogen-bond donors (Lipinski definition) is 0. The second-order valence-electron chi connectivity index (χ2n) is 6.06. The Kier molecular flexibility index (Phi) is 3.76. The summed E-state index contributed by atoms with van der Waals surface area (Å²) in [5.41, 5.74) is 3.46. The summed E-state index contributed by atoms with van der Waals surface area (Å²) in [5, 5.41) is 11.1. The van der Waals surface area contributed by atoms with E-state index in [4.69, 9.17) is 0 Å². The third-order valence-electron chi connectivity index (χ3n) is 4.45. The third-order valence-corrected chi connectivity index (χ3v) is 4.45. The third kappa shape index (κ3) is 2.67. The standard InChI is InChI=1S/C18H16FN5O/c1-12-10-14(7-8-16(12)24-11-20-21-22-24)18(25)23-9-3-5-13-4-2-6-15(19)17(13)23/h2,4,6-8,10-11H,3,5,9H2,1H3. The Hall–Kier alpha value is -3.09. The van der Waals surface area contributed by atoms with Gasteiger partial charge in [0.1, 0.15) is 12.1 Å². The summed E-state index contributed by atoms with van der Waals surface area (Å²) in [7, 11) is 0. The van der Waals surface area contributed by atoms with Gasteiger partial charge in [-0.3, -0.25) is 4.79 Å². The van der Waals surface area contributed by atoms with Crippen LogP contribution in [0.4, 0.5) is 10.1 Å². The first-order valence-electron chi connectivity index (χ1n) is 8.08. The second kappa shape index (κ2) is 6.08. The average molecular weight is 337 g/mol. The van der Waals surface area contributed by atoms with Crippen molar-refractivity contribution in [3.63, 3.8) is 0 Å². The highest BCUT2D eigenvalue weighted by atomic mass is 19.1. The monoisotopic (exact) mass is 337 g/mol. The van der Waals surface area contributed by atoms with Gasteiger partial charge in [0.2, 0.25) is 0 Å². The molecule has 0 fully saturated rings. The number of para-hydroxylation sites is 1. The van der Waals surface area contributed by atoms with E-state index in [1.807, 2.05) is 13.0 Å². The molecule has 1 aliphatic heterocycles. The number of tetrazole rings is 1. The lowest BCUT2D eigenvalue weighted by atomic mass is 10.00. The SMILES string of the molecule is Cc1cc(C(=O)N2CCCc3cccc(F)c32)ccc1-n1cnnn1. The molecule has 1 amide bonds. The van der Waals surface area contributed by atoms with Crippen LogP contribution in [0.3, 0.4) is 0 Å². The second-order valence-corrected chi connectivity index (χ2v) is 6.06. The zero-order valence-electron chi connectivity index (χ0n) is 13.7. The fourth-order valence-electron chi connectivity index (χ4n) is 3.28. The molecule has 4 rings (SSSR count). The van der Waals surface area contributed by atoms with Crippen LogP contribution in [-0.2, 0) is 6.42 Å². The van der Waals surface area contributed by atoms with Crippen molar-refractivity contribution in [3.05, 3.63) is 65.2 Å². The minimum Gasteiger partial charge on any atom is -0.305 e. The molecule has 0 bridgehead atoms. The zero-order valence-corrected chi connectivity index (χ0v) is 13.7. The van der Waals surface area contributed by atoms with E-state index < -0.39 is 0 Å². The number of benzene rings is 2. The molecule has 0 radical (unpaired) electrons. The van der Waals surface area contributed by atoms with Crippen LogP contribution in [0.1, 0.15) is 27.9 Å². The van der Waals surface area contributed by atoms with Crippen LogP contribution >= 0.6 is 0 Å². The van der Waals surface area contributed by atoms with E-state index in [1.165, 1.54) is 12.4 Å². The maximum atomic E-state index is 14.3. The van der Waals surface area contributed by atoms with Crippen molar-refractivity contribution in [1.29, 1.82) is 0 Å². The first kappa shape index (κ1) is 15.4. The Balaban J connectivity index is 1.70. The molecule has 3 aromatic rings. The van der Waals surface area contributed by atoms with Crippen molar-refractivity contribution >= 4 is 11.6 Å². The Morgan fingerprint density at radius 2 is 2.12 bits per heavy atom. The Morgan fingerprint density at radius 3 is 2.88 bits per heavy atom. The molecule has 0 unspecified atom stereocenters. The van der Waals surface area contributed by atoms with Crippen LogP contribution < -0.4 is 4.90 Å². The van der Waals surface area contributed by atoms with Gasteiger partial charge in [0, 0.05) is 12.1 Å². The van der Waals surface area contributed by atoms with Gasteiger partial charge < -0.3 is 4.90 Å². The fraction of sp³-hybridized carbons (Fsp3) is 0.222. The number of aryl methyl sites for hydroxylation is 2. The molecule has 0 aliphatic carbocycles. The van der Waals surface area contributed by atoms with Gasteiger partial charge in [-0.05, 0) is 65.6 Å². The maximum absolute atomic E-state index is 14.3. The summed E-state index contributed by atoms with van der Waals surface area (Å²) in [4.78, 5) is 14.5. The van der Waals surface area contributed by atoms with Crippen molar-refractivity contribution in [2.45, 2.75) is 19.8 Å². The minimum atomic E-state index is -0.354. The number of rotatable bonds is 2. The topological polar surface area (TPSA) is 63.9 Å². The van der Waals surface area contributed by atoms with Crippen LogP contribution in [-0.4, -0.2) is 32.7 Å². The van der Waals surface area contributed by atoms with Gasteiger partial charge >= 0.3 is 0 Å². The van der Waals surface area contributed by atoms with Crippen molar-refractivity contribution in [3.8, 4) is 5.69 Å². The lowest BCUT2D eigenvalue weighted by Crippen LogP contribution is -2.36. The highest BCUT2D eigenvalue weighted by Gasteiger charge is 2.26. The summed E-state index contributed by atoms with van der Waals surface area (Å²) in [6, 6.07) is 10.3. The molecular formula is C18H16FN5O. The van der Waals surface area contributed by atoms with Gasteiger partial charge in [-0.1, -0.05) is 12.1 Å². The quantitative estimate of drug-likeness (QED) is 0.721. The molecule has 0 N–H and O–H groups in total. The highest BCUT2D eigenvalue weighted by Crippen LogP contribution is 2.31. The summed E-state index contributed by atoms with van der Waals surface area (Å²) < 4.78 is 15.8. The molecular weight excluding hydrogens is 321 g/mol. The highest BCUT2D eigenvalue weighted by molar-refractivity contribution is 6.07. The molecule has 2 aromatic carbocycles. The number of amides is 1. The molecule has 126 valence electrons. The fourth-order valence-corrected chi connectivity index (χ4v) is 3.28. The van der Waals surface area contributed by atoms with E-state index in [2.05, 4.69) is 15.5 Å². The largest absolute Gasteiger partial charge is 0.305 e. The van der Waals surface area contributed by atoms with Gasteiger partial charge in [0.05, 0.1) is 11.4 Å². The lowest BCUT2D eigenvalue weighted by Gasteiger charge is -2.30. The van der Waals surface area contributed by atoms with E-state index in [1.54, 1.807) is 33.8 Å². The van der Waals surface area contributed by atoms with Crippen molar-refractivity contribution in [2.24, 2.45) is 0 Å². The van der Waals surface area contributed by atoms with Crippen molar-refractivity contribution in [2.75, 3.05) is 11.4 Å². The average Bonchev–Trinajstić information content (AvgIpc) is 3.15. The zero-order chi connectivity index (χ0) is 17.4. The number of fused-ring (bicyclic) bond motifs is 1. The van der Waals surface area contributed by atoms with Crippen LogP contribution in [0.5, 0.6) is 0 Å². The maximum Gasteiger partial charge on any atom is 0.258 e. The number of nitrogens with zero attached hydrogens (tertiary/aromatic N) is 5. The van der Waals surface area contributed by atoms with Gasteiger partial charge in [0.15, 0.2) is 0 Å². The summed E-state index contributed by atoms with van der Waals surface area (Å²) >= 11 is 0. The smallest absolute Gasteiger partial charge is 0.258 e. The van der Waals surface area contributed by atoms with Crippen LogP contribution in [0.2, 0.25) is 0 Å². The first-order valence-corrected chi connectivity index (χ1v) is 8.08. The van der Waals surface area contributed by atoms with Crippen LogP contribution in [0.25, 0.3) is 5.69 Å². The molecule has 1 aliphatic rings. The van der Waals surface area contributed by atoms with E-state index in [9.17, 15) is 9.18 Å². The lowest BCUT2D eigenvalue weighted by molar-refractivity contribution is 0.0984. The molecule has 1 aromatic heterocycles. The molecule has 0 saturated carbocycles. The van der Waals surface area contributed by atoms with Gasteiger partial charge in [-0.2, -0.15) is 0 Å². The molecule has 2 heterocycles. The number of hydrogen-bond acceptors (Lipinski definition) is 4. The summed E-state index contributed by atoms with van der Waals surface area (Å²) in [6.07, 6.45) is 3.11. The Bertz CT molecular complexity index is 939. The molecule has 0 spiro atoms.